The van der Waals surface area contributed by atoms with Crippen molar-refractivity contribution in [2.24, 2.45) is 5.92 Å². The minimum Gasteiger partial charge on any atom is -0.462 e. The molecule has 0 aromatic rings. The maximum atomic E-state index is 12.9. The number of phosphoric acid groups is 2. The van der Waals surface area contributed by atoms with Crippen LogP contribution in [0.5, 0.6) is 0 Å². The molecule has 5 atom stereocenters. The van der Waals surface area contributed by atoms with E-state index in [1.807, 2.05) is 0 Å². The molecule has 3 N–H and O–H groups in total. The van der Waals surface area contributed by atoms with Gasteiger partial charge in [-0.2, -0.15) is 0 Å². The van der Waals surface area contributed by atoms with Crippen molar-refractivity contribution in [2.75, 3.05) is 39.6 Å². The van der Waals surface area contributed by atoms with E-state index in [0.29, 0.717) is 25.7 Å². The van der Waals surface area contributed by atoms with Gasteiger partial charge in [0.1, 0.15) is 19.3 Å². The zero-order chi connectivity index (χ0) is 57.1. The normalized spacial score (nSPS) is 14.4. The van der Waals surface area contributed by atoms with Crippen LogP contribution in [-0.2, 0) is 65.4 Å². The quantitative estimate of drug-likeness (QED) is 0.0222. The predicted molar refractivity (Wildman–Crippen MR) is 303 cm³/mol. The lowest BCUT2D eigenvalue weighted by Gasteiger charge is -2.21. The van der Waals surface area contributed by atoms with E-state index in [4.69, 9.17) is 37.0 Å². The molecule has 0 aromatic heterocycles. The van der Waals surface area contributed by atoms with E-state index in [2.05, 4.69) is 34.6 Å². The number of ether oxygens (including phenoxy) is 4. The molecule has 0 amide bonds. The second-order valence-electron chi connectivity index (χ2n) is 21.5. The Balaban J connectivity index is 5.17. The molecule has 0 spiro atoms. The topological polar surface area (TPSA) is 237 Å². The highest BCUT2D eigenvalue weighted by molar-refractivity contribution is 7.47. The number of aliphatic hydroxyl groups excluding tert-OH is 1. The Morgan fingerprint density at radius 1 is 0.351 bits per heavy atom. The zero-order valence-corrected chi connectivity index (χ0v) is 50.9. The predicted octanol–water partition coefficient (Wildman–Crippen LogP) is 15.5. The average Bonchev–Trinajstić information content (AvgIpc) is 3.39. The summed E-state index contributed by atoms with van der Waals surface area (Å²) in [5.74, 6) is -1.40. The van der Waals surface area contributed by atoms with Gasteiger partial charge in [-0.05, 0) is 31.6 Å². The van der Waals surface area contributed by atoms with Gasteiger partial charge in [0, 0.05) is 25.7 Å². The fourth-order valence-electron chi connectivity index (χ4n) is 8.52. The van der Waals surface area contributed by atoms with Crippen molar-refractivity contribution in [3.8, 4) is 0 Å². The van der Waals surface area contributed by atoms with Crippen molar-refractivity contribution in [3.05, 3.63) is 0 Å². The van der Waals surface area contributed by atoms with Gasteiger partial charge >= 0.3 is 39.5 Å². The molecule has 0 saturated carbocycles. The Labute approximate surface area is 467 Å². The van der Waals surface area contributed by atoms with E-state index in [9.17, 15) is 43.2 Å². The monoisotopic (exact) mass is 1140 g/mol. The molecule has 0 rings (SSSR count). The highest BCUT2D eigenvalue weighted by atomic mass is 31.2. The molecule has 2 unspecified atom stereocenters. The summed E-state index contributed by atoms with van der Waals surface area (Å²) in [4.78, 5) is 71.6. The summed E-state index contributed by atoms with van der Waals surface area (Å²) in [6, 6.07) is 0. The molecule has 0 fully saturated rings. The van der Waals surface area contributed by atoms with Gasteiger partial charge in [-0.25, -0.2) is 9.13 Å². The lowest BCUT2D eigenvalue weighted by molar-refractivity contribution is -0.161. The SMILES string of the molecule is CCCCCCCCCCCCCCC(=O)OC[C@H](COP(=O)(O)OC[C@@H](O)COP(=O)(O)OC[C@@H](COC(=O)CCCCCCC)OC(=O)CCCCCCCCC)OC(=O)CCCCCCCCCCCCC(C)C. The molecule has 77 heavy (non-hydrogen) atoms. The molecule has 0 aliphatic carbocycles. The molecule has 0 saturated heterocycles. The summed E-state index contributed by atoms with van der Waals surface area (Å²) in [7, 11) is -9.86. The van der Waals surface area contributed by atoms with Crippen LogP contribution in [0, 0.1) is 5.92 Å². The third-order valence-corrected chi connectivity index (χ3v) is 15.2. The zero-order valence-electron chi connectivity index (χ0n) is 49.1. The Morgan fingerprint density at radius 2 is 0.597 bits per heavy atom. The fraction of sp³-hybridized carbons (Fsp3) is 0.931. The summed E-state index contributed by atoms with van der Waals surface area (Å²) in [6.07, 6.45) is 33.9. The molecule has 0 radical (unpaired) electrons. The summed E-state index contributed by atoms with van der Waals surface area (Å²) >= 11 is 0. The lowest BCUT2D eigenvalue weighted by Crippen LogP contribution is -2.30. The summed E-state index contributed by atoms with van der Waals surface area (Å²) in [5, 5.41) is 10.5. The number of hydrogen-bond acceptors (Lipinski definition) is 15. The van der Waals surface area contributed by atoms with Gasteiger partial charge in [0.05, 0.1) is 26.4 Å². The van der Waals surface area contributed by atoms with Gasteiger partial charge in [-0.3, -0.25) is 37.3 Å². The second kappa shape index (κ2) is 52.2. The molecule has 0 aliphatic heterocycles. The van der Waals surface area contributed by atoms with E-state index in [0.717, 1.165) is 115 Å². The molecule has 0 aliphatic rings. The number of carbonyl (C=O) groups is 4. The van der Waals surface area contributed by atoms with Crippen LogP contribution in [0.1, 0.15) is 285 Å². The third-order valence-electron chi connectivity index (χ3n) is 13.3. The van der Waals surface area contributed by atoms with Crippen molar-refractivity contribution in [2.45, 2.75) is 303 Å². The van der Waals surface area contributed by atoms with Gasteiger partial charge in [0.25, 0.3) is 0 Å². The van der Waals surface area contributed by atoms with Crippen LogP contribution >= 0.6 is 15.6 Å². The molecule has 19 heteroatoms. The van der Waals surface area contributed by atoms with E-state index < -0.39 is 97.5 Å². The van der Waals surface area contributed by atoms with Crippen molar-refractivity contribution in [1.29, 1.82) is 0 Å². The van der Waals surface area contributed by atoms with Crippen LogP contribution in [0.2, 0.25) is 0 Å². The highest BCUT2D eigenvalue weighted by Crippen LogP contribution is 2.45. The van der Waals surface area contributed by atoms with Crippen LogP contribution in [0.4, 0.5) is 0 Å². The largest absolute Gasteiger partial charge is 0.472 e. The van der Waals surface area contributed by atoms with Crippen molar-refractivity contribution >= 4 is 39.5 Å². The number of carbonyl (C=O) groups excluding carboxylic acids is 4. The smallest absolute Gasteiger partial charge is 0.462 e. The number of rotatable bonds is 58. The number of phosphoric ester groups is 2. The van der Waals surface area contributed by atoms with Crippen LogP contribution < -0.4 is 0 Å². The number of aliphatic hydroxyl groups is 1. The van der Waals surface area contributed by atoms with Gasteiger partial charge in [0.2, 0.25) is 0 Å². The molecule has 17 nitrogen and oxygen atoms in total. The first-order valence-corrected chi connectivity index (χ1v) is 33.6. The Morgan fingerprint density at radius 3 is 0.883 bits per heavy atom. The Hall–Kier alpha value is -1.94. The van der Waals surface area contributed by atoms with Crippen molar-refractivity contribution in [1.82, 2.24) is 0 Å². The Bertz CT molecular complexity index is 1520. The lowest BCUT2D eigenvalue weighted by atomic mass is 10.0. The second-order valence-corrected chi connectivity index (χ2v) is 24.4. The molecule has 0 aromatic carbocycles. The first-order chi connectivity index (χ1) is 37.0. The van der Waals surface area contributed by atoms with Crippen molar-refractivity contribution in [3.63, 3.8) is 0 Å². The molecular weight excluding hydrogens is 1030 g/mol. The molecule has 0 bridgehead atoms. The van der Waals surface area contributed by atoms with Crippen LogP contribution in [0.15, 0.2) is 0 Å². The van der Waals surface area contributed by atoms with Gasteiger partial charge < -0.3 is 33.8 Å². The highest BCUT2D eigenvalue weighted by Gasteiger charge is 2.30. The molecule has 456 valence electrons. The number of hydrogen-bond donors (Lipinski definition) is 3. The third kappa shape index (κ3) is 53.2. The first-order valence-electron chi connectivity index (χ1n) is 30.6. The average molecular weight is 1140 g/mol. The Kier molecular flexibility index (Phi) is 50.8. The molecule has 0 heterocycles. The summed E-state index contributed by atoms with van der Waals surface area (Å²) in [6.45, 7) is 7.01. The number of unbranched alkanes of at least 4 members (excludes halogenated alkanes) is 30. The van der Waals surface area contributed by atoms with Crippen molar-refractivity contribution < 1.29 is 80.2 Å². The van der Waals surface area contributed by atoms with E-state index in [1.165, 1.54) is 89.9 Å². The maximum absolute atomic E-state index is 12.9. The van der Waals surface area contributed by atoms with Gasteiger partial charge in [0.15, 0.2) is 12.2 Å². The first kappa shape index (κ1) is 75.1. The summed E-state index contributed by atoms with van der Waals surface area (Å²) < 4.78 is 67.5. The molecular formula is C58H112O17P2. The minimum absolute atomic E-state index is 0.103. The summed E-state index contributed by atoms with van der Waals surface area (Å²) in [5.41, 5.74) is 0. The van der Waals surface area contributed by atoms with Gasteiger partial charge in [-0.1, -0.05) is 234 Å². The van der Waals surface area contributed by atoms with Crippen LogP contribution in [0.25, 0.3) is 0 Å². The standard InChI is InChI=1S/C58H112O17P2/c1-6-9-12-15-17-18-19-20-24-28-32-37-42-56(61)69-48-54(75-58(63)44-39-34-29-25-22-21-23-27-31-35-40-51(4)5)50-73-77(66,67)71-46-52(59)45-70-76(64,65)72-49-53(47-68-55(60)41-36-30-14-11-8-3)74-57(62)43-38-33-26-16-13-10-7-2/h51-54,59H,6-50H2,1-5H3,(H,64,65)(H,66,67)/t52-,53+,54+/m0/s1. The fourth-order valence-corrected chi connectivity index (χ4v) is 10.1. The van der Waals surface area contributed by atoms with Gasteiger partial charge in [-0.15, -0.1) is 0 Å². The van der Waals surface area contributed by atoms with Crippen LogP contribution in [0.3, 0.4) is 0 Å². The number of esters is 4. The van der Waals surface area contributed by atoms with E-state index in [-0.39, 0.29) is 25.7 Å². The van der Waals surface area contributed by atoms with E-state index in [1.54, 1.807) is 0 Å². The van der Waals surface area contributed by atoms with E-state index >= 15 is 0 Å². The minimum atomic E-state index is -4.94. The van der Waals surface area contributed by atoms with Crippen LogP contribution in [-0.4, -0.2) is 96.7 Å². The maximum Gasteiger partial charge on any atom is 0.472 e.